The molecule has 2 aromatic rings. The Kier molecular flexibility index (Phi) is 5.11. The van der Waals surface area contributed by atoms with E-state index in [-0.39, 0.29) is 0 Å². The summed E-state index contributed by atoms with van der Waals surface area (Å²) in [6, 6.07) is 15.7. The Morgan fingerprint density at radius 1 is 1.16 bits per heavy atom. The molecule has 0 aliphatic carbocycles. The number of halogens is 1. The molecule has 0 unspecified atom stereocenters. The summed E-state index contributed by atoms with van der Waals surface area (Å²) in [7, 11) is 0. The zero-order chi connectivity index (χ0) is 13.7. The van der Waals surface area contributed by atoms with Gasteiger partial charge in [-0.25, -0.2) is 0 Å². The second-order valence-electron chi connectivity index (χ2n) is 3.71. The number of nitrogens with zero attached hydrogens (tertiary/aromatic N) is 1. The van der Waals surface area contributed by atoms with Gasteiger partial charge in [0.15, 0.2) is 0 Å². The van der Waals surface area contributed by atoms with Crippen molar-refractivity contribution in [2.75, 3.05) is 5.75 Å². The van der Waals surface area contributed by atoms with Crippen LogP contribution in [0.2, 0.25) is 0 Å². The predicted molar refractivity (Wildman–Crippen MR) is 86.8 cm³/mol. The molecule has 2 rings (SSSR count). The van der Waals surface area contributed by atoms with Crippen LogP contribution in [0, 0.1) is 14.9 Å². The number of hydrogen-bond acceptors (Lipinski definition) is 3. The standard InChI is InChI=1S/C15H12INOS/c1-2-19-15-9-5-8-13(11(15)10-17)18-14-7-4-3-6-12(14)16/h3-9H,2H2,1H3. The van der Waals surface area contributed by atoms with Gasteiger partial charge in [0.2, 0.25) is 0 Å². The van der Waals surface area contributed by atoms with Crippen LogP contribution in [-0.2, 0) is 0 Å². The minimum absolute atomic E-state index is 0.606. The highest BCUT2D eigenvalue weighted by atomic mass is 127. The van der Waals surface area contributed by atoms with Crippen LogP contribution < -0.4 is 4.74 Å². The summed E-state index contributed by atoms with van der Waals surface area (Å²) in [4.78, 5) is 0.966. The van der Waals surface area contributed by atoms with Gasteiger partial charge in [-0.3, -0.25) is 0 Å². The maximum atomic E-state index is 9.33. The lowest BCUT2D eigenvalue weighted by Gasteiger charge is -2.11. The van der Waals surface area contributed by atoms with Crippen molar-refractivity contribution in [1.82, 2.24) is 0 Å². The summed E-state index contributed by atoms with van der Waals surface area (Å²) in [5.41, 5.74) is 0.606. The SMILES string of the molecule is CCSc1cccc(Oc2ccccc2I)c1C#N. The van der Waals surface area contributed by atoms with Crippen molar-refractivity contribution in [3.05, 3.63) is 51.6 Å². The Bertz CT molecular complexity index is 622. The highest BCUT2D eigenvalue weighted by Gasteiger charge is 2.11. The molecule has 0 aliphatic heterocycles. The normalized spacial score (nSPS) is 9.95. The number of benzene rings is 2. The Morgan fingerprint density at radius 3 is 2.58 bits per heavy atom. The molecule has 0 spiro atoms. The molecule has 0 saturated heterocycles. The van der Waals surface area contributed by atoms with Crippen molar-refractivity contribution in [3.63, 3.8) is 0 Å². The van der Waals surface area contributed by atoms with Crippen LogP contribution in [0.1, 0.15) is 12.5 Å². The lowest BCUT2D eigenvalue weighted by Crippen LogP contribution is -1.92. The van der Waals surface area contributed by atoms with Gasteiger partial charge < -0.3 is 4.74 Å². The molecular weight excluding hydrogens is 369 g/mol. The van der Waals surface area contributed by atoms with E-state index in [0.717, 1.165) is 20.0 Å². The van der Waals surface area contributed by atoms with Crippen molar-refractivity contribution in [2.24, 2.45) is 0 Å². The molecule has 2 nitrogen and oxygen atoms in total. The largest absolute Gasteiger partial charge is 0.455 e. The number of ether oxygens (including phenoxy) is 1. The fraction of sp³-hybridized carbons (Fsp3) is 0.133. The highest BCUT2D eigenvalue weighted by Crippen LogP contribution is 2.33. The summed E-state index contributed by atoms with van der Waals surface area (Å²) in [5, 5.41) is 9.33. The second-order valence-corrected chi connectivity index (χ2v) is 6.17. The third kappa shape index (κ3) is 3.43. The summed E-state index contributed by atoms with van der Waals surface area (Å²) in [6.45, 7) is 2.07. The van der Waals surface area contributed by atoms with Crippen LogP contribution >= 0.6 is 34.4 Å². The van der Waals surface area contributed by atoms with Crippen molar-refractivity contribution < 1.29 is 4.74 Å². The second kappa shape index (κ2) is 6.83. The summed E-state index contributed by atoms with van der Waals surface area (Å²) in [6.07, 6.45) is 0. The van der Waals surface area contributed by atoms with Crippen molar-refractivity contribution in [2.45, 2.75) is 11.8 Å². The average Bonchev–Trinajstić information content (AvgIpc) is 2.42. The van der Waals surface area contributed by atoms with E-state index in [4.69, 9.17) is 4.74 Å². The molecule has 0 N–H and O–H groups in total. The van der Waals surface area contributed by atoms with Crippen molar-refractivity contribution in [1.29, 1.82) is 5.26 Å². The van der Waals surface area contributed by atoms with Gasteiger partial charge in [0.1, 0.15) is 23.1 Å². The number of thioether (sulfide) groups is 1. The van der Waals surface area contributed by atoms with Gasteiger partial charge in [0.25, 0.3) is 0 Å². The lowest BCUT2D eigenvalue weighted by molar-refractivity contribution is 0.476. The first-order valence-electron chi connectivity index (χ1n) is 5.84. The molecule has 0 fully saturated rings. The van der Waals surface area contributed by atoms with Gasteiger partial charge in [-0.15, -0.1) is 11.8 Å². The third-order valence-corrected chi connectivity index (χ3v) is 4.29. The molecular formula is C15H12INOS. The molecule has 0 heterocycles. The van der Waals surface area contributed by atoms with Crippen LogP contribution in [0.4, 0.5) is 0 Å². The van der Waals surface area contributed by atoms with E-state index in [0.29, 0.717) is 11.3 Å². The quantitative estimate of drug-likeness (QED) is 0.548. The van der Waals surface area contributed by atoms with E-state index in [1.54, 1.807) is 11.8 Å². The molecule has 2 aromatic carbocycles. The van der Waals surface area contributed by atoms with Crippen LogP contribution in [0.5, 0.6) is 11.5 Å². The van der Waals surface area contributed by atoms with E-state index >= 15 is 0 Å². The van der Waals surface area contributed by atoms with Crippen LogP contribution in [0.3, 0.4) is 0 Å². The van der Waals surface area contributed by atoms with Crippen molar-refractivity contribution >= 4 is 34.4 Å². The molecule has 0 amide bonds. The molecule has 19 heavy (non-hydrogen) atoms. The van der Waals surface area contributed by atoms with Gasteiger partial charge in [-0.1, -0.05) is 25.1 Å². The van der Waals surface area contributed by atoms with Gasteiger partial charge in [-0.05, 0) is 52.6 Å². The number of hydrogen-bond donors (Lipinski definition) is 0. The first kappa shape index (κ1) is 14.2. The zero-order valence-corrected chi connectivity index (χ0v) is 13.4. The van der Waals surface area contributed by atoms with Gasteiger partial charge in [-0.2, -0.15) is 5.26 Å². The lowest BCUT2D eigenvalue weighted by atomic mass is 10.2. The predicted octanol–water partition coefficient (Wildman–Crippen LogP) is 5.07. The Balaban J connectivity index is 2.38. The van der Waals surface area contributed by atoms with E-state index < -0.39 is 0 Å². The monoisotopic (exact) mass is 381 g/mol. The molecule has 0 saturated carbocycles. The average molecular weight is 381 g/mol. The first-order valence-corrected chi connectivity index (χ1v) is 7.91. The topological polar surface area (TPSA) is 33.0 Å². The van der Waals surface area contributed by atoms with E-state index in [1.165, 1.54) is 0 Å². The fourth-order valence-electron chi connectivity index (χ4n) is 1.63. The number of nitriles is 1. The summed E-state index contributed by atoms with van der Waals surface area (Å²) in [5.74, 6) is 2.32. The smallest absolute Gasteiger partial charge is 0.146 e. The summed E-state index contributed by atoms with van der Waals surface area (Å²) >= 11 is 3.87. The Labute approximate surface area is 130 Å². The first-order chi connectivity index (χ1) is 9.26. The molecule has 4 heteroatoms. The number of rotatable bonds is 4. The molecule has 0 aliphatic rings. The molecule has 0 atom stereocenters. The van der Waals surface area contributed by atoms with Crippen LogP contribution in [0.15, 0.2) is 47.4 Å². The molecule has 0 radical (unpaired) electrons. The van der Waals surface area contributed by atoms with Crippen LogP contribution in [0.25, 0.3) is 0 Å². The number of para-hydroxylation sites is 1. The molecule has 96 valence electrons. The van der Waals surface area contributed by atoms with Gasteiger partial charge in [0.05, 0.1) is 3.57 Å². The van der Waals surface area contributed by atoms with E-state index in [2.05, 4.69) is 35.6 Å². The Morgan fingerprint density at radius 2 is 1.89 bits per heavy atom. The summed E-state index contributed by atoms with van der Waals surface area (Å²) < 4.78 is 6.90. The van der Waals surface area contributed by atoms with Crippen LogP contribution in [-0.4, -0.2) is 5.75 Å². The van der Waals surface area contributed by atoms with Gasteiger partial charge in [0, 0.05) is 4.90 Å². The van der Waals surface area contributed by atoms with Gasteiger partial charge >= 0.3 is 0 Å². The van der Waals surface area contributed by atoms with E-state index in [1.807, 2.05) is 42.5 Å². The zero-order valence-electron chi connectivity index (χ0n) is 10.4. The minimum Gasteiger partial charge on any atom is -0.455 e. The highest BCUT2D eigenvalue weighted by molar-refractivity contribution is 14.1. The molecule has 0 aromatic heterocycles. The fourth-order valence-corrected chi connectivity index (χ4v) is 2.90. The third-order valence-electron chi connectivity index (χ3n) is 2.46. The minimum atomic E-state index is 0.606. The Hall–Kier alpha value is -1.19. The van der Waals surface area contributed by atoms with E-state index in [9.17, 15) is 5.26 Å². The molecule has 0 bridgehead atoms. The maximum absolute atomic E-state index is 9.33. The maximum Gasteiger partial charge on any atom is 0.146 e. The van der Waals surface area contributed by atoms with Crippen molar-refractivity contribution in [3.8, 4) is 17.6 Å².